The first-order chi connectivity index (χ1) is 21.2. The van der Waals surface area contributed by atoms with Crippen molar-refractivity contribution in [3.8, 4) is 11.3 Å². The van der Waals surface area contributed by atoms with Crippen LogP contribution in [0.15, 0.2) is 105 Å². The van der Waals surface area contributed by atoms with Crippen molar-refractivity contribution in [1.82, 2.24) is 4.57 Å². The molecule has 3 heterocycles. The minimum atomic E-state index is -0.942. The number of aryl methyl sites for hydroxylation is 1. The summed E-state index contributed by atoms with van der Waals surface area (Å²) in [6, 6.07) is 21.6. The molecule has 1 aliphatic heterocycles. The lowest BCUT2D eigenvalue weighted by atomic mass is 9.93. The molecule has 0 radical (unpaired) electrons. The third-order valence-corrected chi connectivity index (χ3v) is 8.14. The summed E-state index contributed by atoms with van der Waals surface area (Å²) < 4.78 is 27.1. The highest BCUT2D eigenvalue weighted by Crippen LogP contribution is 2.35. The molecule has 1 atom stereocenters. The van der Waals surface area contributed by atoms with Crippen LogP contribution in [0.2, 0.25) is 0 Å². The summed E-state index contributed by atoms with van der Waals surface area (Å²) in [6.07, 6.45) is 1.57. The zero-order chi connectivity index (χ0) is 31.0. The Morgan fingerprint density at radius 1 is 1.11 bits per heavy atom. The van der Waals surface area contributed by atoms with Crippen molar-refractivity contribution in [2.24, 2.45) is 4.99 Å². The predicted octanol–water partition coefficient (Wildman–Crippen LogP) is 5.55. The van der Waals surface area contributed by atoms with E-state index in [0.717, 1.165) is 16.9 Å². The van der Waals surface area contributed by atoms with Gasteiger partial charge in [0.25, 0.3) is 11.2 Å². The van der Waals surface area contributed by atoms with Gasteiger partial charge in [0.2, 0.25) is 0 Å². The second-order valence-electron chi connectivity index (χ2n) is 9.94. The SMILES string of the molecule is CCOC(=O)C1=C(c2ccccc2)N=c2s/c(=C\c3ccc(-c4cc([N+](=O)[O-])ccc4C)o3)c(=O)n2C1c1ccc(F)cc1. The Balaban J connectivity index is 1.54. The van der Waals surface area contributed by atoms with E-state index in [1.165, 1.54) is 41.0 Å². The second-order valence-corrected chi connectivity index (χ2v) is 11.0. The Kier molecular flexibility index (Phi) is 7.62. The molecule has 11 heteroatoms. The number of benzene rings is 3. The minimum Gasteiger partial charge on any atom is -0.463 e. The molecule has 6 rings (SSSR count). The Morgan fingerprint density at radius 2 is 1.86 bits per heavy atom. The van der Waals surface area contributed by atoms with Crippen LogP contribution in [0.1, 0.15) is 35.4 Å². The van der Waals surface area contributed by atoms with E-state index >= 15 is 0 Å². The summed E-state index contributed by atoms with van der Waals surface area (Å²) in [6.45, 7) is 3.62. The van der Waals surface area contributed by atoms with Crippen molar-refractivity contribution >= 4 is 34.8 Å². The van der Waals surface area contributed by atoms with E-state index in [4.69, 9.17) is 14.1 Å². The third kappa shape index (κ3) is 5.29. The van der Waals surface area contributed by atoms with Crippen LogP contribution in [0.25, 0.3) is 23.1 Å². The largest absolute Gasteiger partial charge is 0.463 e. The number of esters is 1. The first-order valence-corrected chi connectivity index (χ1v) is 14.5. The van der Waals surface area contributed by atoms with E-state index in [0.29, 0.717) is 38.7 Å². The van der Waals surface area contributed by atoms with Gasteiger partial charge in [0.1, 0.15) is 17.3 Å². The fourth-order valence-corrected chi connectivity index (χ4v) is 6.08. The topological polar surface area (TPSA) is 117 Å². The number of non-ortho nitro benzene ring substituents is 1. The van der Waals surface area contributed by atoms with Gasteiger partial charge >= 0.3 is 5.97 Å². The number of furan rings is 1. The van der Waals surface area contributed by atoms with Gasteiger partial charge in [-0.1, -0.05) is 59.9 Å². The van der Waals surface area contributed by atoms with Gasteiger partial charge in [0.05, 0.1) is 33.4 Å². The summed E-state index contributed by atoms with van der Waals surface area (Å²) in [4.78, 5) is 43.4. The lowest BCUT2D eigenvalue weighted by Crippen LogP contribution is -2.40. The fraction of sp³-hybridized carbons (Fsp3) is 0.121. The number of ether oxygens (including phenoxy) is 1. The van der Waals surface area contributed by atoms with Crippen LogP contribution in [0.5, 0.6) is 0 Å². The number of hydrogen-bond donors (Lipinski definition) is 0. The number of nitro benzene ring substituents is 1. The molecule has 0 amide bonds. The van der Waals surface area contributed by atoms with Crippen molar-refractivity contribution < 1.29 is 23.3 Å². The van der Waals surface area contributed by atoms with Gasteiger partial charge in [-0.2, -0.15) is 0 Å². The maximum absolute atomic E-state index is 14.0. The molecular weight excluding hydrogens is 585 g/mol. The van der Waals surface area contributed by atoms with Crippen LogP contribution in [-0.2, 0) is 9.53 Å². The number of carbonyl (C=O) groups excluding carboxylic acids is 1. The number of carbonyl (C=O) groups is 1. The van der Waals surface area contributed by atoms with Gasteiger partial charge in [-0.15, -0.1) is 0 Å². The molecule has 0 fully saturated rings. The van der Waals surface area contributed by atoms with Crippen molar-refractivity contribution in [3.63, 3.8) is 0 Å². The van der Waals surface area contributed by atoms with E-state index < -0.39 is 28.3 Å². The number of rotatable bonds is 7. The Bertz CT molecular complexity index is 2130. The van der Waals surface area contributed by atoms with Gasteiger partial charge in [-0.05, 0) is 49.2 Å². The summed E-state index contributed by atoms with van der Waals surface area (Å²) in [5, 5.41) is 11.3. The maximum atomic E-state index is 14.0. The van der Waals surface area contributed by atoms with Crippen molar-refractivity contribution in [3.05, 3.63) is 149 Å². The molecule has 0 N–H and O–H groups in total. The van der Waals surface area contributed by atoms with E-state index in [-0.39, 0.29) is 22.4 Å². The summed E-state index contributed by atoms with van der Waals surface area (Å²) in [7, 11) is 0. The van der Waals surface area contributed by atoms with Gasteiger partial charge in [0, 0.05) is 29.3 Å². The van der Waals surface area contributed by atoms with Crippen LogP contribution < -0.4 is 14.9 Å². The molecule has 0 saturated carbocycles. The molecule has 220 valence electrons. The van der Waals surface area contributed by atoms with Crippen LogP contribution in [0.4, 0.5) is 10.1 Å². The highest BCUT2D eigenvalue weighted by Gasteiger charge is 2.35. The standard InChI is InChI=1S/C33H24FN3O6S/c1-3-42-32(39)28-29(20-7-5-4-6-8-20)35-33-36(30(28)21-10-12-22(34)13-11-21)31(38)27(44-33)18-24-15-16-26(43-24)25-17-23(37(40)41)14-9-19(25)2/h4-18,30H,3H2,1-2H3/b27-18-. The van der Waals surface area contributed by atoms with Crippen molar-refractivity contribution in [1.29, 1.82) is 0 Å². The van der Waals surface area contributed by atoms with Crippen molar-refractivity contribution in [2.45, 2.75) is 19.9 Å². The zero-order valence-electron chi connectivity index (χ0n) is 23.5. The average molecular weight is 610 g/mol. The average Bonchev–Trinajstić information content (AvgIpc) is 3.61. The molecule has 0 spiro atoms. The van der Waals surface area contributed by atoms with Crippen molar-refractivity contribution in [2.75, 3.05) is 6.61 Å². The summed E-state index contributed by atoms with van der Waals surface area (Å²) in [5.41, 5.74) is 2.52. The quantitative estimate of drug-likeness (QED) is 0.136. The second kappa shape index (κ2) is 11.7. The molecule has 0 saturated heterocycles. The Labute approximate surface area is 253 Å². The molecular formula is C33H24FN3O6S. The fourth-order valence-electron chi connectivity index (χ4n) is 5.09. The molecule has 1 unspecified atom stereocenters. The number of nitro groups is 1. The number of hydrogen-bond acceptors (Lipinski definition) is 8. The normalized spacial score (nSPS) is 14.7. The smallest absolute Gasteiger partial charge is 0.338 e. The summed E-state index contributed by atoms with van der Waals surface area (Å²) in [5.74, 6) is -0.340. The molecule has 0 aliphatic carbocycles. The van der Waals surface area contributed by atoms with E-state index in [9.17, 15) is 24.1 Å². The maximum Gasteiger partial charge on any atom is 0.338 e. The number of halogens is 1. The first kappa shape index (κ1) is 28.7. The van der Waals surface area contributed by atoms with Crippen LogP contribution in [0.3, 0.4) is 0 Å². The molecule has 44 heavy (non-hydrogen) atoms. The minimum absolute atomic E-state index is 0.0655. The van der Waals surface area contributed by atoms with E-state index in [2.05, 4.69) is 0 Å². The molecule has 3 aromatic carbocycles. The number of nitrogens with zero attached hydrogens (tertiary/aromatic N) is 3. The van der Waals surface area contributed by atoms with Gasteiger partial charge in [-0.25, -0.2) is 14.2 Å². The van der Waals surface area contributed by atoms with E-state index in [1.54, 1.807) is 31.2 Å². The van der Waals surface area contributed by atoms with Gasteiger partial charge < -0.3 is 9.15 Å². The molecule has 0 bridgehead atoms. The monoisotopic (exact) mass is 609 g/mol. The predicted molar refractivity (Wildman–Crippen MR) is 163 cm³/mol. The number of thiazole rings is 1. The van der Waals surface area contributed by atoms with Crippen LogP contribution in [-0.4, -0.2) is 22.1 Å². The zero-order valence-corrected chi connectivity index (χ0v) is 24.3. The highest BCUT2D eigenvalue weighted by atomic mass is 32.1. The molecule has 5 aromatic rings. The highest BCUT2D eigenvalue weighted by molar-refractivity contribution is 7.07. The Hall–Kier alpha value is -5.42. The summed E-state index contributed by atoms with van der Waals surface area (Å²) >= 11 is 1.12. The van der Waals surface area contributed by atoms with E-state index in [1.807, 2.05) is 37.3 Å². The number of aromatic nitrogens is 1. The lowest BCUT2D eigenvalue weighted by Gasteiger charge is -2.25. The molecule has 9 nitrogen and oxygen atoms in total. The third-order valence-electron chi connectivity index (χ3n) is 7.16. The van der Waals surface area contributed by atoms with Gasteiger partial charge in [-0.3, -0.25) is 19.5 Å². The van der Waals surface area contributed by atoms with Gasteiger partial charge in [0.15, 0.2) is 4.80 Å². The molecule has 1 aliphatic rings. The lowest BCUT2D eigenvalue weighted by molar-refractivity contribution is -0.384. The van der Waals surface area contributed by atoms with Crippen LogP contribution in [0, 0.1) is 22.9 Å². The molecule has 2 aromatic heterocycles. The number of fused-ring (bicyclic) bond motifs is 1. The first-order valence-electron chi connectivity index (χ1n) is 13.6. The Morgan fingerprint density at radius 3 is 2.57 bits per heavy atom. The van der Waals surface area contributed by atoms with Crippen LogP contribution >= 0.6 is 11.3 Å².